The van der Waals surface area contributed by atoms with Gasteiger partial charge in [-0.05, 0) is 19.9 Å². The van der Waals surface area contributed by atoms with Crippen LogP contribution >= 0.6 is 0 Å². The molecule has 0 unspecified atom stereocenters. The molecule has 2 saturated heterocycles. The SMILES string of the molecule is C[C@@H]1[C@@H](C)N(S(=O)(=O)N2CCOCC2)CCN1C(=O)c1nc2ncccn2n1. The van der Waals surface area contributed by atoms with E-state index in [4.69, 9.17) is 4.74 Å². The molecule has 0 aromatic carbocycles. The zero-order valence-corrected chi connectivity index (χ0v) is 16.6. The molecule has 28 heavy (non-hydrogen) atoms. The van der Waals surface area contributed by atoms with Gasteiger partial charge in [-0.25, -0.2) is 9.50 Å². The van der Waals surface area contributed by atoms with Crippen LogP contribution in [0.1, 0.15) is 24.5 Å². The van der Waals surface area contributed by atoms with Gasteiger partial charge in [-0.15, -0.1) is 5.10 Å². The van der Waals surface area contributed by atoms with Crippen LogP contribution in [-0.2, 0) is 14.9 Å². The lowest BCUT2D eigenvalue weighted by molar-refractivity contribution is 0.0420. The molecule has 12 heteroatoms. The molecule has 0 N–H and O–H groups in total. The van der Waals surface area contributed by atoms with Gasteiger partial charge in [0.25, 0.3) is 21.9 Å². The van der Waals surface area contributed by atoms with Crippen molar-refractivity contribution in [2.24, 2.45) is 0 Å². The van der Waals surface area contributed by atoms with Crippen molar-refractivity contribution < 1.29 is 17.9 Å². The highest BCUT2D eigenvalue weighted by Gasteiger charge is 2.42. The van der Waals surface area contributed by atoms with Crippen LogP contribution in [0.2, 0.25) is 0 Å². The summed E-state index contributed by atoms with van der Waals surface area (Å²) in [5.74, 6) is 0.0792. The largest absolute Gasteiger partial charge is 0.379 e. The number of morpholine rings is 1. The summed E-state index contributed by atoms with van der Waals surface area (Å²) in [5, 5.41) is 4.19. The number of carbonyl (C=O) groups is 1. The molecule has 2 aliphatic heterocycles. The first-order valence-corrected chi connectivity index (χ1v) is 10.6. The van der Waals surface area contributed by atoms with Gasteiger partial charge in [-0.1, -0.05) is 0 Å². The number of nitrogens with zero attached hydrogens (tertiary/aromatic N) is 7. The van der Waals surface area contributed by atoms with E-state index in [0.717, 1.165) is 0 Å². The highest BCUT2D eigenvalue weighted by molar-refractivity contribution is 7.86. The average molecular weight is 409 g/mol. The minimum atomic E-state index is -3.60. The van der Waals surface area contributed by atoms with Gasteiger partial charge < -0.3 is 9.64 Å². The first-order valence-electron chi connectivity index (χ1n) is 9.22. The molecule has 11 nitrogen and oxygen atoms in total. The Balaban J connectivity index is 1.52. The van der Waals surface area contributed by atoms with Crippen LogP contribution in [-0.4, -0.2) is 98.9 Å². The quantitative estimate of drug-likeness (QED) is 0.654. The van der Waals surface area contributed by atoms with Crippen LogP contribution in [0.4, 0.5) is 0 Å². The Morgan fingerprint density at radius 3 is 2.61 bits per heavy atom. The van der Waals surface area contributed by atoms with Crippen LogP contribution in [0.15, 0.2) is 18.5 Å². The standard InChI is InChI=1S/C16H23N7O4S/c1-12-13(2)23(28(25,26)20-8-10-27-11-9-20)7-6-21(12)15(24)14-18-16-17-4-3-5-22(16)19-14/h3-5,12-13H,6-11H2,1-2H3/t12-,13-/m1/s1. The molecule has 4 rings (SSSR count). The summed E-state index contributed by atoms with van der Waals surface area (Å²) in [4.78, 5) is 22.8. The van der Waals surface area contributed by atoms with E-state index in [1.54, 1.807) is 23.4 Å². The van der Waals surface area contributed by atoms with Crippen molar-refractivity contribution in [2.75, 3.05) is 39.4 Å². The number of hydrogen-bond acceptors (Lipinski definition) is 7. The number of rotatable bonds is 3. The second-order valence-corrected chi connectivity index (χ2v) is 8.79. The lowest BCUT2D eigenvalue weighted by atomic mass is 10.1. The predicted octanol–water partition coefficient (Wildman–Crippen LogP) is -0.764. The Morgan fingerprint density at radius 2 is 1.89 bits per heavy atom. The van der Waals surface area contributed by atoms with E-state index in [1.807, 2.05) is 13.8 Å². The molecule has 0 bridgehead atoms. The van der Waals surface area contributed by atoms with Crippen molar-refractivity contribution in [3.05, 3.63) is 24.3 Å². The van der Waals surface area contributed by atoms with E-state index in [2.05, 4.69) is 15.1 Å². The molecule has 1 amide bonds. The van der Waals surface area contributed by atoms with Gasteiger partial charge in [-0.2, -0.15) is 22.0 Å². The second kappa shape index (κ2) is 7.35. The third-order valence-electron chi connectivity index (χ3n) is 5.37. The lowest BCUT2D eigenvalue weighted by Crippen LogP contribution is -2.63. The lowest BCUT2D eigenvalue weighted by Gasteiger charge is -2.45. The van der Waals surface area contributed by atoms with Gasteiger partial charge in [0.05, 0.1) is 13.2 Å². The van der Waals surface area contributed by atoms with Gasteiger partial charge in [-0.3, -0.25) is 4.79 Å². The van der Waals surface area contributed by atoms with Crippen molar-refractivity contribution in [3.8, 4) is 0 Å². The summed E-state index contributed by atoms with van der Waals surface area (Å²) >= 11 is 0. The monoisotopic (exact) mass is 409 g/mol. The third-order valence-corrected chi connectivity index (χ3v) is 7.49. The van der Waals surface area contributed by atoms with Gasteiger partial charge in [0, 0.05) is 50.7 Å². The third kappa shape index (κ3) is 3.26. The molecule has 0 radical (unpaired) electrons. The fourth-order valence-electron chi connectivity index (χ4n) is 3.60. The van der Waals surface area contributed by atoms with Crippen LogP contribution in [0.25, 0.3) is 5.78 Å². The van der Waals surface area contributed by atoms with Gasteiger partial charge in [0.1, 0.15) is 0 Å². The summed E-state index contributed by atoms with van der Waals surface area (Å²) in [7, 11) is -3.60. The summed E-state index contributed by atoms with van der Waals surface area (Å²) in [5.41, 5.74) is 0. The van der Waals surface area contributed by atoms with Crippen LogP contribution in [0.5, 0.6) is 0 Å². The normalized spacial score (nSPS) is 25.3. The van der Waals surface area contributed by atoms with E-state index < -0.39 is 10.2 Å². The molecule has 152 valence electrons. The minimum absolute atomic E-state index is 0.0576. The van der Waals surface area contributed by atoms with Crippen molar-refractivity contribution in [1.29, 1.82) is 0 Å². The summed E-state index contributed by atoms with van der Waals surface area (Å²) in [6.07, 6.45) is 3.25. The second-order valence-electron chi connectivity index (χ2n) is 6.91. The molecular formula is C16H23N7O4S. The first kappa shape index (κ1) is 19.2. The molecular weight excluding hydrogens is 386 g/mol. The summed E-state index contributed by atoms with van der Waals surface area (Å²) in [6.45, 7) is 5.66. The fraction of sp³-hybridized carbons (Fsp3) is 0.625. The minimum Gasteiger partial charge on any atom is -0.379 e. The Kier molecular flexibility index (Phi) is 5.04. The molecule has 0 aliphatic carbocycles. The maximum absolute atomic E-state index is 13.0. The molecule has 2 aromatic heterocycles. The average Bonchev–Trinajstić information content (AvgIpc) is 3.14. The maximum atomic E-state index is 13.0. The topological polar surface area (TPSA) is 113 Å². The number of fused-ring (bicyclic) bond motifs is 1. The fourth-order valence-corrected chi connectivity index (χ4v) is 5.42. The highest BCUT2D eigenvalue weighted by Crippen LogP contribution is 2.24. The Hall–Kier alpha value is -2.15. The zero-order valence-electron chi connectivity index (χ0n) is 15.8. The molecule has 2 aromatic rings. The van der Waals surface area contributed by atoms with E-state index in [1.165, 1.54) is 13.1 Å². The van der Waals surface area contributed by atoms with Gasteiger partial charge in [0.2, 0.25) is 5.82 Å². The van der Waals surface area contributed by atoms with E-state index in [-0.39, 0.29) is 36.9 Å². The summed E-state index contributed by atoms with van der Waals surface area (Å²) < 4.78 is 35.7. The molecule has 2 fully saturated rings. The Labute approximate surface area is 163 Å². The predicted molar refractivity (Wildman–Crippen MR) is 98.8 cm³/mol. The Morgan fingerprint density at radius 1 is 1.14 bits per heavy atom. The van der Waals surface area contributed by atoms with E-state index in [9.17, 15) is 13.2 Å². The van der Waals surface area contributed by atoms with Crippen molar-refractivity contribution in [3.63, 3.8) is 0 Å². The summed E-state index contributed by atoms with van der Waals surface area (Å²) in [6, 6.07) is 1.01. The number of amides is 1. The maximum Gasteiger partial charge on any atom is 0.293 e. The van der Waals surface area contributed by atoms with Crippen LogP contribution < -0.4 is 0 Å². The highest BCUT2D eigenvalue weighted by atomic mass is 32.2. The molecule has 2 atom stereocenters. The van der Waals surface area contributed by atoms with Crippen molar-refractivity contribution in [2.45, 2.75) is 25.9 Å². The molecule has 0 saturated carbocycles. The number of aromatic nitrogens is 4. The zero-order chi connectivity index (χ0) is 19.9. The number of ether oxygens (including phenoxy) is 1. The van der Waals surface area contributed by atoms with E-state index >= 15 is 0 Å². The molecule has 0 spiro atoms. The van der Waals surface area contributed by atoms with Crippen LogP contribution in [0.3, 0.4) is 0 Å². The van der Waals surface area contributed by atoms with Crippen molar-refractivity contribution >= 4 is 21.9 Å². The smallest absolute Gasteiger partial charge is 0.293 e. The number of hydrogen-bond donors (Lipinski definition) is 0. The first-order chi connectivity index (χ1) is 13.4. The Bertz CT molecular complexity index is 939. The van der Waals surface area contributed by atoms with Gasteiger partial charge >= 0.3 is 0 Å². The van der Waals surface area contributed by atoms with Crippen LogP contribution in [0, 0.1) is 0 Å². The number of piperazine rings is 1. The van der Waals surface area contributed by atoms with Crippen molar-refractivity contribution in [1.82, 2.24) is 33.1 Å². The molecule has 4 heterocycles. The molecule has 2 aliphatic rings. The number of carbonyl (C=O) groups excluding carboxylic acids is 1. The van der Waals surface area contributed by atoms with E-state index in [0.29, 0.717) is 32.1 Å². The van der Waals surface area contributed by atoms with Gasteiger partial charge in [0.15, 0.2) is 0 Å².